The zero-order chi connectivity index (χ0) is 24.6. The maximum absolute atomic E-state index is 12.6. The van der Waals surface area contributed by atoms with Gasteiger partial charge in [0.05, 0.1) is 4.90 Å². The van der Waals surface area contributed by atoms with Crippen molar-refractivity contribution in [2.24, 2.45) is 11.8 Å². The third-order valence-electron chi connectivity index (χ3n) is 6.42. The molecule has 0 unspecified atom stereocenters. The van der Waals surface area contributed by atoms with E-state index < -0.39 is 16.1 Å². The fourth-order valence-corrected chi connectivity index (χ4v) is 5.30. The summed E-state index contributed by atoms with van der Waals surface area (Å²) in [6.07, 6.45) is 3.65. The number of rotatable bonds is 10. The molecule has 8 heteroatoms. The first-order valence-corrected chi connectivity index (χ1v) is 13.4. The van der Waals surface area contributed by atoms with E-state index in [1.54, 1.807) is 31.2 Å². The van der Waals surface area contributed by atoms with Gasteiger partial charge in [-0.3, -0.25) is 9.59 Å². The minimum Gasteiger partial charge on any atom is -0.354 e. The highest BCUT2D eigenvalue weighted by atomic mass is 32.2. The van der Waals surface area contributed by atoms with Crippen LogP contribution in [0.3, 0.4) is 0 Å². The topological polar surface area (TPSA) is 104 Å². The molecule has 0 heterocycles. The Morgan fingerprint density at radius 1 is 0.971 bits per heavy atom. The Hall–Kier alpha value is -2.71. The van der Waals surface area contributed by atoms with Gasteiger partial charge >= 0.3 is 0 Å². The van der Waals surface area contributed by atoms with Crippen LogP contribution in [0.5, 0.6) is 0 Å². The monoisotopic (exact) mass is 485 g/mol. The van der Waals surface area contributed by atoms with E-state index in [1.807, 2.05) is 37.3 Å². The minimum atomic E-state index is -3.53. The summed E-state index contributed by atoms with van der Waals surface area (Å²) in [6.45, 7) is 4.50. The second-order valence-corrected chi connectivity index (χ2v) is 10.9. The first kappa shape index (κ1) is 25.9. The molecule has 2 aromatic carbocycles. The lowest BCUT2D eigenvalue weighted by atomic mass is 9.81. The second-order valence-electron chi connectivity index (χ2n) is 9.14. The lowest BCUT2D eigenvalue weighted by molar-refractivity contribution is -0.131. The van der Waals surface area contributed by atoms with Crippen molar-refractivity contribution in [1.29, 1.82) is 0 Å². The average Bonchev–Trinajstić information content (AvgIpc) is 2.84. The van der Waals surface area contributed by atoms with Gasteiger partial charge in [-0.25, -0.2) is 13.1 Å². The highest BCUT2D eigenvalue weighted by Gasteiger charge is 2.29. The molecule has 7 nitrogen and oxygen atoms in total. The first-order valence-electron chi connectivity index (χ1n) is 11.9. The Morgan fingerprint density at radius 3 is 2.26 bits per heavy atom. The molecule has 0 bridgehead atoms. The molecule has 1 aliphatic rings. The summed E-state index contributed by atoms with van der Waals surface area (Å²) >= 11 is 0. The van der Waals surface area contributed by atoms with Crippen molar-refractivity contribution in [1.82, 2.24) is 15.4 Å². The zero-order valence-electron chi connectivity index (χ0n) is 19.9. The van der Waals surface area contributed by atoms with E-state index in [1.165, 1.54) is 0 Å². The molecule has 34 heavy (non-hydrogen) atoms. The van der Waals surface area contributed by atoms with Gasteiger partial charge in [0.1, 0.15) is 6.04 Å². The summed E-state index contributed by atoms with van der Waals surface area (Å²) in [6, 6.07) is 16.1. The number of hydrogen-bond donors (Lipinski definition) is 3. The maximum atomic E-state index is 12.6. The number of sulfonamides is 1. The van der Waals surface area contributed by atoms with Gasteiger partial charge in [0.15, 0.2) is 0 Å². The van der Waals surface area contributed by atoms with Crippen LogP contribution >= 0.6 is 0 Å². The minimum absolute atomic E-state index is 0.107. The highest BCUT2D eigenvalue weighted by molar-refractivity contribution is 7.89. The summed E-state index contributed by atoms with van der Waals surface area (Å²) < 4.78 is 27.7. The normalized spacial score (nSPS) is 19.2. The predicted octanol–water partition coefficient (Wildman–Crippen LogP) is 2.94. The van der Waals surface area contributed by atoms with Crippen molar-refractivity contribution in [3.8, 4) is 0 Å². The van der Waals surface area contributed by atoms with Crippen molar-refractivity contribution in [3.63, 3.8) is 0 Å². The summed E-state index contributed by atoms with van der Waals surface area (Å²) in [7, 11) is -3.53. The number of benzene rings is 2. The van der Waals surface area contributed by atoms with E-state index in [-0.39, 0.29) is 28.5 Å². The first-order chi connectivity index (χ1) is 16.2. The van der Waals surface area contributed by atoms with E-state index in [0.29, 0.717) is 25.9 Å². The quantitative estimate of drug-likeness (QED) is 0.481. The predicted molar refractivity (Wildman–Crippen MR) is 133 cm³/mol. The maximum Gasteiger partial charge on any atom is 0.242 e. The number of carbonyl (C=O) groups is 2. The molecule has 2 aromatic rings. The van der Waals surface area contributed by atoms with Crippen LogP contribution in [0.25, 0.3) is 0 Å². The van der Waals surface area contributed by atoms with E-state index in [9.17, 15) is 18.0 Å². The summed E-state index contributed by atoms with van der Waals surface area (Å²) in [5.41, 5.74) is 2.16. The van der Waals surface area contributed by atoms with Crippen LogP contribution in [0, 0.1) is 18.8 Å². The standard InChI is InChI=1S/C26H35N3O4S/c1-19-8-14-24(15-9-19)34(32,33)28-18-22-10-12-23(13-11-22)26(31)29-20(2)25(30)27-17-16-21-6-4-3-5-7-21/h3-9,14-15,20,22-23,28H,10-13,16-18H2,1-2H3,(H,27,30)(H,29,31)/t20-,22?,23?/m1/s1. The molecule has 1 saturated carbocycles. The molecule has 0 saturated heterocycles. The number of nitrogens with one attached hydrogen (secondary N) is 3. The Labute approximate surface area is 202 Å². The lowest BCUT2D eigenvalue weighted by Crippen LogP contribution is -2.47. The van der Waals surface area contributed by atoms with Crippen molar-refractivity contribution in [2.45, 2.75) is 56.9 Å². The molecule has 0 radical (unpaired) electrons. The largest absolute Gasteiger partial charge is 0.354 e. The fourth-order valence-electron chi connectivity index (χ4n) is 4.18. The van der Waals surface area contributed by atoms with Gasteiger partial charge in [0, 0.05) is 19.0 Å². The summed E-state index contributed by atoms with van der Waals surface area (Å²) in [5, 5.41) is 5.71. The lowest BCUT2D eigenvalue weighted by Gasteiger charge is -2.28. The third kappa shape index (κ3) is 7.67. The van der Waals surface area contributed by atoms with Gasteiger partial charge in [0.2, 0.25) is 21.8 Å². The molecule has 184 valence electrons. The van der Waals surface area contributed by atoms with E-state index in [0.717, 1.165) is 30.4 Å². The Morgan fingerprint density at radius 2 is 1.62 bits per heavy atom. The van der Waals surface area contributed by atoms with Gasteiger partial charge < -0.3 is 10.6 Å². The molecular weight excluding hydrogens is 450 g/mol. The van der Waals surface area contributed by atoms with Crippen LogP contribution in [0.2, 0.25) is 0 Å². The van der Waals surface area contributed by atoms with Crippen LogP contribution in [-0.4, -0.2) is 39.4 Å². The van der Waals surface area contributed by atoms with Gasteiger partial charge in [-0.1, -0.05) is 48.0 Å². The molecule has 1 atom stereocenters. The third-order valence-corrected chi connectivity index (χ3v) is 7.86. The van der Waals surface area contributed by atoms with E-state index in [4.69, 9.17) is 0 Å². The van der Waals surface area contributed by atoms with Gasteiger partial charge in [-0.15, -0.1) is 0 Å². The molecule has 1 aliphatic carbocycles. The van der Waals surface area contributed by atoms with Crippen LogP contribution in [0.4, 0.5) is 0 Å². The Bertz CT molecular complexity index is 1050. The number of amides is 2. The van der Waals surface area contributed by atoms with Crippen LogP contribution in [-0.2, 0) is 26.0 Å². The van der Waals surface area contributed by atoms with Crippen LogP contribution < -0.4 is 15.4 Å². The van der Waals surface area contributed by atoms with Crippen molar-refractivity contribution in [2.75, 3.05) is 13.1 Å². The van der Waals surface area contributed by atoms with Crippen molar-refractivity contribution in [3.05, 3.63) is 65.7 Å². The number of carbonyl (C=O) groups excluding carboxylic acids is 2. The van der Waals surface area contributed by atoms with E-state index in [2.05, 4.69) is 15.4 Å². The Balaban J connectivity index is 1.36. The SMILES string of the molecule is Cc1ccc(S(=O)(=O)NCC2CCC(C(=O)N[C@H](C)C(=O)NCCc3ccccc3)CC2)cc1. The molecule has 0 spiro atoms. The van der Waals surface area contributed by atoms with E-state index >= 15 is 0 Å². The molecule has 3 rings (SSSR count). The average molecular weight is 486 g/mol. The number of aryl methyl sites for hydroxylation is 1. The molecule has 0 aliphatic heterocycles. The highest BCUT2D eigenvalue weighted by Crippen LogP contribution is 2.29. The van der Waals surface area contributed by atoms with Gasteiger partial charge in [-0.2, -0.15) is 0 Å². The molecule has 2 amide bonds. The Kier molecular flexibility index (Phi) is 9.24. The van der Waals surface area contributed by atoms with Crippen molar-refractivity contribution >= 4 is 21.8 Å². The smallest absolute Gasteiger partial charge is 0.242 e. The van der Waals surface area contributed by atoms with Crippen molar-refractivity contribution < 1.29 is 18.0 Å². The molecule has 3 N–H and O–H groups in total. The summed E-state index contributed by atoms with van der Waals surface area (Å²) in [4.78, 5) is 25.2. The van der Waals surface area contributed by atoms with Crippen LogP contribution in [0.15, 0.2) is 59.5 Å². The summed E-state index contributed by atoms with van der Waals surface area (Å²) in [5.74, 6) is -0.250. The van der Waals surface area contributed by atoms with Gasteiger partial charge in [0.25, 0.3) is 0 Å². The fraction of sp³-hybridized carbons (Fsp3) is 0.462. The molecule has 0 aromatic heterocycles. The molecular formula is C26H35N3O4S. The number of hydrogen-bond acceptors (Lipinski definition) is 4. The van der Waals surface area contributed by atoms with Crippen LogP contribution in [0.1, 0.15) is 43.7 Å². The second kappa shape index (κ2) is 12.1. The zero-order valence-corrected chi connectivity index (χ0v) is 20.7. The molecule has 1 fully saturated rings. The van der Waals surface area contributed by atoms with Gasteiger partial charge in [-0.05, 0) is 69.6 Å².